The largest absolute Gasteiger partial charge is 0.242 e. The Morgan fingerprint density at radius 2 is 1.21 bits per heavy atom. The lowest BCUT2D eigenvalue weighted by Crippen LogP contribution is -1.87. The zero-order valence-electron chi connectivity index (χ0n) is 9.32. The van der Waals surface area contributed by atoms with Crippen molar-refractivity contribution >= 4 is 76.5 Å². The summed E-state index contributed by atoms with van der Waals surface area (Å²) in [5.74, 6) is 0. The first-order valence-corrected chi connectivity index (χ1v) is 8.24. The molecule has 0 atom stereocenters. The normalized spacial score (nSPS) is 12.2. The van der Waals surface area contributed by atoms with E-state index in [1.165, 1.54) is 0 Å². The highest BCUT2D eigenvalue weighted by atomic mass is 32.1. The topological polar surface area (TPSA) is 51.6 Å². The molecular formula is C12H4N4S3. The van der Waals surface area contributed by atoms with Crippen molar-refractivity contribution in [3.05, 3.63) is 21.8 Å². The molecule has 0 fully saturated rings. The van der Waals surface area contributed by atoms with Crippen LogP contribution in [0.15, 0.2) is 21.8 Å². The maximum absolute atomic E-state index is 4.72. The SMILES string of the molecule is c1nc2c3nc4cscc4nc3c3ncsc3c2s1. The predicted molar refractivity (Wildman–Crippen MR) is 81.3 cm³/mol. The minimum absolute atomic E-state index is 0.862. The quantitative estimate of drug-likeness (QED) is 0.433. The van der Waals surface area contributed by atoms with Crippen LogP contribution < -0.4 is 0 Å². The Bertz CT molecular complexity index is 988. The highest BCUT2D eigenvalue weighted by molar-refractivity contribution is 7.25. The monoisotopic (exact) mass is 300 g/mol. The van der Waals surface area contributed by atoms with Gasteiger partial charge in [0.15, 0.2) is 0 Å². The van der Waals surface area contributed by atoms with Crippen molar-refractivity contribution in [3.8, 4) is 0 Å². The van der Waals surface area contributed by atoms with Crippen LogP contribution in [0, 0.1) is 0 Å². The van der Waals surface area contributed by atoms with E-state index in [1.807, 2.05) is 21.8 Å². The average Bonchev–Trinajstić information content (AvgIpc) is 3.15. The molecule has 1 aromatic carbocycles. The summed E-state index contributed by atoms with van der Waals surface area (Å²) < 4.78 is 2.32. The Kier molecular flexibility index (Phi) is 1.83. The predicted octanol–water partition coefficient (Wildman–Crippen LogP) is 4.06. The summed E-state index contributed by atoms with van der Waals surface area (Å²) in [5.41, 5.74) is 9.20. The molecule has 5 rings (SSSR count). The fraction of sp³-hybridized carbons (Fsp3) is 0. The number of fused-ring (bicyclic) bond motifs is 7. The molecule has 0 aliphatic heterocycles. The molecule has 0 saturated carbocycles. The first-order chi connectivity index (χ1) is 9.42. The summed E-state index contributed by atoms with van der Waals surface area (Å²) in [6.07, 6.45) is 0. The summed E-state index contributed by atoms with van der Waals surface area (Å²) in [5, 5.41) is 4.04. The van der Waals surface area contributed by atoms with Crippen LogP contribution in [0.25, 0.3) is 42.5 Å². The van der Waals surface area contributed by atoms with Gasteiger partial charge in [0, 0.05) is 10.8 Å². The molecule has 0 saturated heterocycles. The van der Waals surface area contributed by atoms with Crippen molar-refractivity contribution in [2.24, 2.45) is 0 Å². The number of hydrogen-bond donors (Lipinski definition) is 0. The molecule has 19 heavy (non-hydrogen) atoms. The summed E-state index contributed by atoms with van der Waals surface area (Å²) in [6, 6.07) is 0. The van der Waals surface area contributed by atoms with Gasteiger partial charge in [-0.2, -0.15) is 0 Å². The number of thiazole rings is 2. The smallest absolute Gasteiger partial charge is 0.119 e. The van der Waals surface area contributed by atoms with Crippen LogP contribution in [-0.4, -0.2) is 19.9 Å². The molecule has 5 aromatic rings. The lowest BCUT2D eigenvalue weighted by molar-refractivity contribution is 1.40. The Balaban J connectivity index is 2.23. The number of aromatic nitrogens is 4. The van der Waals surface area contributed by atoms with Gasteiger partial charge < -0.3 is 0 Å². The summed E-state index contributed by atoms with van der Waals surface area (Å²) in [4.78, 5) is 18.4. The van der Waals surface area contributed by atoms with E-state index < -0.39 is 0 Å². The third kappa shape index (κ3) is 1.22. The van der Waals surface area contributed by atoms with Gasteiger partial charge in [-0.3, -0.25) is 0 Å². The van der Waals surface area contributed by atoms with Crippen LogP contribution in [0.1, 0.15) is 0 Å². The van der Waals surface area contributed by atoms with E-state index in [9.17, 15) is 0 Å². The van der Waals surface area contributed by atoms with Crippen LogP contribution in [-0.2, 0) is 0 Å². The molecule has 0 aliphatic rings. The van der Waals surface area contributed by atoms with Crippen LogP contribution in [0.5, 0.6) is 0 Å². The van der Waals surface area contributed by atoms with Gasteiger partial charge in [0.2, 0.25) is 0 Å². The van der Waals surface area contributed by atoms with E-state index >= 15 is 0 Å². The average molecular weight is 300 g/mol. The van der Waals surface area contributed by atoms with Crippen molar-refractivity contribution in [1.29, 1.82) is 0 Å². The maximum Gasteiger partial charge on any atom is 0.119 e. The van der Waals surface area contributed by atoms with E-state index in [1.54, 1.807) is 34.0 Å². The first-order valence-electron chi connectivity index (χ1n) is 5.54. The Labute approximate surface area is 118 Å². The van der Waals surface area contributed by atoms with Gasteiger partial charge in [0.05, 0.1) is 20.4 Å². The molecule has 4 nitrogen and oxygen atoms in total. The Morgan fingerprint density at radius 1 is 0.684 bits per heavy atom. The molecule has 4 heterocycles. The molecule has 0 spiro atoms. The molecule has 7 heteroatoms. The van der Waals surface area contributed by atoms with E-state index in [2.05, 4.69) is 9.97 Å². The van der Waals surface area contributed by atoms with Crippen LogP contribution in [0.2, 0.25) is 0 Å². The molecule has 90 valence electrons. The van der Waals surface area contributed by atoms with Crippen molar-refractivity contribution in [1.82, 2.24) is 19.9 Å². The number of thiophene rings is 1. The van der Waals surface area contributed by atoms with E-state index in [0.717, 1.165) is 42.5 Å². The molecule has 0 radical (unpaired) electrons. The molecule has 0 amide bonds. The number of rotatable bonds is 0. The minimum atomic E-state index is 0.862. The molecule has 0 unspecified atom stereocenters. The van der Waals surface area contributed by atoms with Gasteiger partial charge in [0.25, 0.3) is 0 Å². The van der Waals surface area contributed by atoms with E-state index in [-0.39, 0.29) is 0 Å². The molecule has 0 aliphatic carbocycles. The van der Waals surface area contributed by atoms with Crippen molar-refractivity contribution in [2.45, 2.75) is 0 Å². The second-order valence-corrected chi connectivity index (χ2v) is 6.58. The Hall–Kier alpha value is -1.70. The highest BCUT2D eigenvalue weighted by Gasteiger charge is 2.16. The third-order valence-electron chi connectivity index (χ3n) is 3.10. The second kappa shape index (κ2) is 3.44. The first kappa shape index (κ1) is 10.1. The summed E-state index contributed by atoms with van der Waals surface area (Å²) in [7, 11) is 0. The highest BCUT2D eigenvalue weighted by Crippen LogP contribution is 2.37. The van der Waals surface area contributed by atoms with Gasteiger partial charge in [-0.05, 0) is 0 Å². The number of hydrogen-bond acceptors (Lipinski definition) is 7. The van der Waals surface area contributed by atoms with E-state index in [0.29, 0.717) is 0 Å². The van der Waals surface area contributed by atoms with Gasteiger partial charge in [-0.1, -0.05) is 0 Å². The number of benzene rings is 1. The van der Waals surface area contributed by atoms with Crippen LogP contribution >= 0.6 is 34.0 Å². The minimum Gasteiger partial charge on any atom is -0.242 e. The van der Waals surface area contributed by atoms with Gasteiger partial charge in [-0.15, -0.1) is 34.0 Å². The van der Waals surface area contributed by atoms with Crippen LogP contribution in [0.3, 0.4) is 0 Å². The third-order valence-corrected chi connectivity index (χ3v) is 5.64. The number of nitrogens with zero attached hydrogens (tertiary/aromatic N) is 4. The van der Waals surface area contributed by atoms with Gasteiger partial charge in [-0.25, -0.2) is 19.9 Å². The second-order valence-electron chi connectivity index (χ2n) is 4.12. The van der Waals surface area contributed by atoms with Crippen molar-refractivity contribution < 1.29 is 0 Å². The molecular weight excluding hydrogens is 296 g/mol. The zero-order chi connectivity index (χ0) is 12.4. The van der Waals surface area contributed by atoms with Gasteiger partial charge >= 0.3 is 0 Å². The molecule has 4 aromatic heterocycles. The molecule has 0 bridgehead atoms. The van der Waals surface area contributed by atoms with Gasteiger partial charge in [0.1, 0.15) is 33.1 Å². The van der Waals surface area contributed by atoms with E-state index in [4.69, 9.17) is 9.97 Å². The lowest BCUT2D eigenvalue weighted by Gasteiger charge is -2.00. The van der Waals surface area contributed by atoms with Crippen molar-refractivity contribution in [2.75, 3.05) is 0 Å². The summed E-state index contributed by atoms with van der Waals surface area (Å²) >= 11 is 4.89. The Morgan fingerprint density at radius 3 is 1.74 bits per heavy atom. The lowest BCUT2D eigenvalue weighted by atomic mass is 10.2. The fourth-order valence-corrected chi connectivity index (χ4v) is 4.70. The molecule has 0 N–H and O–H groups in total. The zero-order valence-corrected chi connectivity index (χ0v) is 11.8. The summed E-state index contributed by atoms with van der Waals surface area (Å²) in [6.45, 7) is 0. The standard InChI is InChI=1S/C12H4N4S3/c1-5-6(2-17-1)16-8-7(15-5)9-11(18-3-13-9)12-10(8)14-4-19-12/h1-4H. The fourth-order valence-electron chi connectivity index (χ4n) is 2.28. The van der Waals surface area contributed by atoms with Crippen LogP contribution in [0.4, 0.5) is 0 Å². The maximum atomic E-state index is 4.72. The van der Waals surface area contributed by atoms with Crippen molar-refractivity contribution in [3.63, 3.8) is 0 Å².